The zero-order valence-electron chi connectivity index (χ0n) is 13.3. The van der Waals surface area contributed by atoms with Crippen molar-refractivity contribution in [2.45, 2.75) is 32.5 Å². The van der Waals surface area contributed by atoms with Crippen molar-refractivity contribution in [1.29, 1.82) is 0 Å². The van der Waals surface area contributed by atoms with Gasteiger partial charge >= 0.3 is 11.9 Å². The van der Waals surface area contributed by atoms with Gasteiger partial charge in [0.2, 0.25) is 0 Å². The van der Waals surface area contributed by atoms with Gasteiger partial charge in [-0.05, 0) is 25.0 Å². The van der Waals surface area contributed by atoms with E-state index in [2.05, 4.69) is 0 Å². The first-order chi connectivity index (χ1) is 11.0. The van der Waals surface area contributed by atoms with E-state index >= 15 is 0 Å². The van der Waals surface area contributed by atoms with Crippen molar-refractivity contribution in [3.8, 4) is 11.1 Å². The Morgan fingerprint density at radius 2 is 1.39 bits per heavy atom. The molecule has 23 heavy (non-hydrogen) atoms. The van der Waals surface area contributed by atoms with Crippen molar-refractivity contribution in [2.75, 3.05) is 0 Å². The van der Waals surface area contributed by atoms with E-state index in [4.69, 9.17) is 9.47 Å². The lowest BCUT2D eigenvalue weighted by Gasteiger charge is -2.29. The van der Waals surface area contributed by atoms with Crippen LogP contribution in [0.4, 0.5) is 0 Å². The lowest BCUT2D eigenvalue weighted by molar-refractivity contribution is -0.180. The second kappa shape index (κ2) is 5.54. The maximum Gasteiger partial charge on any atom is 0.360 e. The summed E-state index contributed by atoms with van der Waals surface area (Å²) in [6.45, 7) is 4.84. The molecule has 4 heteroatoms. The van der Waals surface area contributed by atoms with Crippen molar-refractivity contribution in [1.82, 2.24) is 0 Å². The van der Waals surface area contributed by atoms with Crippen LogP contribution in [0.2, 0.25) is 0 Å². The molecule has 0 aliphatic heterocycles. The standard InChI is InChI=1S/C19H18O4/c1-12(2)22-18(21)19(23-13(3)20)16-10-6-4-8-14(16)15-9-5-7-11-17(15)19/h4-12H,1-3H3. The van der Waals surface area contributed by atoms with Crippen LogP contribution in [0.5, 0.6) is 0 Å². The van der Waals surface area contributed by atoms with Crippen LogP contribution in [0.3, 0.4) is 0 Å². The number of ether oxygens (including phenoxy) is 2. The summed E-state index contributed by atoms with van der Waals surface area (Å²) in [4.78, 5) is 24.7. The van der Waals surface area contributed by atoms with Gasteiger partial charge in [-0.15, -0.1) is 0 Å². The van der Waals surface area contributed by atoms with Crippen LogP contribution in [0.25, 0.3) is 11.1 Å². The van der Waals surface area contributed by atoms with Crippen molar-refractivity contribution in [3.63, 3.8) is 0 Å². The lowest BCUT2D eigenvalue weighted by atomic mass is 9.91. The Kier molecular flexibility index (Phi) is 3.68. The van der Waals surface area contributed by atoms with E-state index in [1.807, 2.05) is 36.4 Å². The van der Waals surface area contributed by atoms with Crippen LogP contribution in [0.15, 0.2) is 48.5 Å². The van der Waals surface area contributed by atoms with Crippen LogP contribution >= 0.6 is 0 Å². The molecule has 0 spiro atoms. The Balaban J connectivity index is 2.30. The Labute approximate surface area is 135 Å². The highest BCUT2D eigenvalue weighted by Crippen LogP contribution is 2.50. The minimum absolute atomic E-state index is 0.310. The van der Waals surface area contributed by atoms with Crippen molar-refractivity contribution in [3.05, 3.63) is 59.7 Å². The summed E-state index contributed by atoms with van der Waals surface area (Å²) < 4.78 is 11.0. The average Bonchev–Trinajstić information content (AvgIpc) is 2.78. The molecule has 0 N–H and O–H groups in total. The van der Waals surface area contributed by atoms with Crippen LogP contribution < -0.4 is 0 Å². The molecule has 118 valence electrons. The van der Waals surface area contributed by atoms with Gasteiger partial charge in [0.05, 0.1) is 6.10 Å². The topological polar surface area (TPSA) is 52.6 Å². The summed E-state index contributed by atoms with van der Waals surface area (Å²) in [6.07, 6.45) is -0.310. The normalized spacial score (nSPS) is 14.1. The Bertz CT molecular complexity index is 731. The number of hydrogen-bond acceptors (Lipinski definition) is 4. The van der Waals surface area contributed by atoms with Crippen molar-refractivity contribution in [2.24, 2.45) is 0 Å². The molecule has 0 amide bonds. The monoisotopic (exact) mass is 310 g/mol. The highest BCUT2D eigenvalue weighted by Gasteiger charge is 2.54. The third-order valence-electron chi connectivity index (χ3n) is 3.83. The van der Waals surface area contributed by atoms with Crippen molar-refractivity contribution >= 4 is 11.9 Å². The Morgan fingerprint density at radius 3 is 1.83 bits per heavy atom. The molecule has 1 aliphatic rings. The fraction of sp³-hybridized carbons (Fsp3) is 0.263. The molecular weight excluding hydrogens is 292 g/mol. The van der Waals surface area contributed by atoms with Gasteiger partial charge in [0.1, 0.15) is 0 Å². The van der Waals surface area contributed by atoms with E-state index < -0.39 is 17.5 Å². The van der Waals surface area contributed by atoms with Gasteiger partial charge in [-0.1, -0.05) is 48.5 Å². The predicted molar refractivity (Wildman–Crippen MR) is 85.7 cm³/mol. The van der Waals surface area contributed by atoms with Gasteiger partial charge in [-0.2, -0.15) is 0 Å². The third kappa shape index (κ3) is 2.31. The zero-order chi connectivity index (χ0) is 16.6. The average molecular weight is 310 g/mol. The number of rotatable bonds is 3. The van der Waals surface area contributed by atoms with Gasteiger partial charge in [-0.3, -0.25) is 4.79 Å². The molecule has 0 saturated carbocycles. The van der Waals surface area contributed by atoms with E-state index in [1.165, 1.54) is 6.92 Å². The van der Waals surface area contributed by atoms with Gasteiger partial charge in [0, 0.05) is 18.1 Å². The maximum absolute atomic E-state index is 12.9. The summed E-state index contributed by atoms with van der Waals surface area (Å²) >= 11 is 0. The first kappa shape index (κ1) is 15.3. The first-order valence-corrected chi connectivity index (χ1v) is 7.57. The molecule has 1 aliphatic carbocycles. The highest BCUT2D eigenvalue weighted by atomic mass is 16.6. The number of carbonyl (C=O) groups is 2. The maximum atomic E-state index is 12.9. The molecule has 3 rings (SSSR count). The summed E-state index contributed by atoms with van der Waals surface area (Å²) in [5.41, 5.74) is 1.50. The Hall–Kier alpha value is -2.62. The third-order valence-corrected chi connectivity index (χ3v) is 3.83. The van der Waals surface area contributed by atoms with E-state index in [-0.39, 0.29) is 6.10 Å². The van der Waals surface area contributed by atoms with Gasteiger partial charge in [0.25, 0.3) is 5.60 Å². The van der Waals surface area contributed by atoms with Gasteiger partial charge in [-0.25, -0.2) is 4.79 Å². The zero-order valence-corrected chi connectivity index (χ0v) is 13.3. The fourth-order valence-electron chi connectivity index (χ4n) is 3.08. The highest BCUT2D eigenvalue weighted by molar-refractivity contribution is 5.98. The summed E-state index contributed by atoms with van der Waals surface area (Å²) in [5, 5.41) is 0. The molecule has 0 bridgehead atoms. The molecule has 2 aromatic carbocycles. The van der Waals surface area contributed by atoms with E-state index in [0.29, 0.717) is 11.1 Å². The number of benzene rings is 2. The molecule has 0 unspecified atom stereocenters. The number of hydrogen-bond donors (Lipinski definition) is 0. The van der Waals surface area contributed by atoms with E-state index in [9.17, 15) is 9.59 Å². The fourth-order valence-corrected chi connectivity index (χ4v) is 3.08. The molecule has 4 nitrogen and oxygen atoms in total. The first-order valence-electron chi connectivity index (χ1n) is 7.57. The molecule has 0 aromatic heterocycles. The van der Waals surface area contributed by atoms with Crippen LogP contribution in [0, 0.1) is 0 Å². The molecule has 0 radical (unpaired) electrons. The summed E-state index contributed by atoms with van der Waals surface area (Å²) in [5.74, 6) is -1.10. The van der Waals surface area contributed by atoms with Crippen LogP contribution in [-0.2, 0) is 24.7 Å². The number of fused-ring (bicyclic) bond motifs is 3. The summed E-state index contributed by atoms with van der Waals surface area (Å²) in [6, 6.07) is 14.9. The minimum Gasteiger partial charge on any atom is -0.459 e. The lowest BCUT2D eigenvalue weighted by Crippen LogP contribution is -2.42. The summed E-state index contributed by atoms with van der Waals surface area (Å²) in [7, 11) is 0. The molecule has 0 fully saturated rings. The van der Waals surface area contributed by atoms with Crippen LogP contribution in [0.1, 0.15) is 31.9 Å². The smallest absolute Gasteiger partial charge is 0.360 e. The van der Waals surface area contributed by atoms with E-state index in [1.54, 1.807) is 26.0 Å². The SMILES string of the molecule is CC(=O)OC1(C(=O)OC(C)C)c2ccccc2-c2ccccc21. The second-order valence-corrected chi connectivity index (χ2v) is 5.82. The molecule has 2 aromatic rings. The van der Waals surface area contributed by atoms with Crippen LogP contribution in [-0.4, -0.2) is 18.0 Å². The number of esters is 2. The van der Waals surface area contributed by atoms with Gasteiger partial charge in [0.15, 0.2) is 0 Å². The Morgan fingerprint density at radius 1 is 0.913 bits per heavy atom. The minimum atomic E-state index is -1.54. The second-order valence-electron chi connectivity index (χ2n) is 5.82. The number of carbonyl (C=O) groups excluding carboxylic acids is 2. The quantitative estimate of drug-likeness (QED) is 0.815. The van der Waals surface area contributed by atoms with E-state index in [0.717, 1.165) is 11.1 Å². The molecule has 0 atom stereocenters. The molecule has 0 heterocycles. The van der Waals surface area contributed by atoms with Gasteiger partial charge < -0.3 is 9.47 Å². The molecular formula is C19H18O4. The van der Waals surface area contributed by atoms with Crippen molar-refractivity contribution < 1.29 is 19.1 Å². The largest absolute Gasteiger partial charge is 0.459 e. The molecule has 0 saturated heterocycles. The predicted octanol–water partition coefficient (Wildman–Crippen LogP) is 3.43.